The molecule has 7 atom stereocenters. The first-order valence-corrected chi connectivity index (χ1v) is 15.1. The molecule has 2 aromatic rings. The number of anilines is 1. The maximum Gasteiger partial charge on any atom is 0.317 e. The van der Waals surface area contributed by atoms with Gasteiger partial charge >= 0.3 is 6.03 Å². The quantitative estimate of drug-likeness (QED) is 0.381. The molecule has 2 saturated carbocycles. The highest BCUT2D eigenvalue weighted by molar-refractivity contribution is 7.92. The lowest BCUT2D eigenvalue weighted by Crippen LogP contribution is -2.52. The van der Waals surface area contributed by atoms with Gasteiger partial charge in [-0.2, -0.15) is 0 Å². The molecule has 2 aliphatic carbocycles. The summed E-state index contributed by atoms with van der Waals surface area (Å²) in [6, 6.07) is 4.13. The van der Waals surface area contributed by atoms with Crippen LogP contribution < -0.4 is 10.6 Å². The number of aliphatic hydroxyl groups excluding tert-OH is 2. The smallest absolute Gasteiger partial charge is 0.317 e. The number of rotatable bonds is 5. The van der Waals surface area contributed by atoms with Crippen LogP contribution in [0.15, 0.2) is 35.2 Å². The second-order valence-corrected chi connectivity index (χ2v) is 13.7. The van der Waals surface area contributed by atoms with E-state index in [0.29, 0.717) is 18.6 Å². The van der Waals surface area contributed by atoms with E-state index >= 15 is 0 Å². The number of hydrogen-bond acceptors (Lipinski definition) is 6. The zero-order valence-corrected chi connectivity index (χ0v) is 23.4. The monoisotopic (exact) mass is 615 g/mol. The maximum atomic E-state index is 13.8. The van der Waals surface area contributed by atoms with Gasteiger partial charge in [-0.15, -0.1) is 0 Å². The first-order valence-electron chi connectivity index (χ1n) is 13.2. The van der Waals surface area contributed by atoms with Crippen LogP contribution in [0, 0.1) is 35.2 Å². The number of nitrogens with one attached hydrogen (secondary N) is 2. The standard InChI is InChI=1S/C27H29ClF3N3O6S/c1-12-4-14-5-16(9-17(12)25(14)33-27(38)34-10-21(35)22(36)11-34)41(39,40)23-6-13(2-3-18(23)28)26(37)32-15-7-19(29)24(31)20(30)8-15/h2-3,6-8,12,14,16-17,21-22,25,35-36H,4-5,9-11H2,1H3,(H,32,37)(H,33,38)/t12-,14?,16?,17?,21?,22?,25?/m0/s1. The SMILES string of the molecule is C[C@H]1CC2CC(S(=O)(=O)c3cc(C(=O)Nc4cc(F)c(F)c(F)c4)ccc3Cl)CC1C2NC(=O)N1CC(O)C(O)C1. The van der Waals surface area contributed by atoms with Crippen LogP contribution in [0.5, 0.6) is 0 Å². The fourth-order valence-corrected chi connectivity index (χ4v) is 8.79. The molecule has 14 heteroatoms. The third-order valence-corrected chi connectivity index (χ3v) is 11.1. The third kappa shape index (κ3) is 5.64. The predicted molar refractivity (Wildman–Crippen MR) is 143 cm³/mol. The first kappa shape index (κ1) is 29.6. The van der Waals surface area contributed by atoms with Gasteiger partial charge < -0.3 is 25.7 Å². The molecule has 5 rings (SSSR count). The molecule has 3 fully saturated rings. The Kier molecular flexibility index (Phi) is 8.01. The fraction of sp³-hybridized carbons (Fsp3) is 0.481. The highest BCUT2D eigenvalue weighted by Gasteiger charge is 2.51. The zero-order valence-electron chi connectivity index (χ0n) is 21.9. The van der Waals surface area contributed by atoms with Crippen LogP contribution in [-0.4, -0.2) is 72.1 Å². The molecular formula is C27H29ClF3N3O6S. The van der Waals surface area contributed by atoms with Gasteiger partial charge in [-0.3, -0.25) is 4.79 Å². The third-order valence-electron chi connectivity index (χ3n) is 8.49. The number of sulfone groups is 1. The van der Waals surface area contributed by atoms with E-state index in [1.807, 2.05) is 6.92 Å². The Hall–Kier alpha value is -2.87. The summed E-state index contributed by atoms with van der Waals surface area (Å²) in [6.45, 7) is 2.02. The van der Waals surface area contributed by atoms with Crippen molar-refractivity contribution in [1.82, 2.24) is 10.2 Å². The molecule has 1 aliphatic heterocycles. The van der Waals surface area contributed by atoms with Crippen molar-refractivity contribution in [1.29, 1.82) is 0 Å². The van der Waals surface area contributed by atoms with Gasteiger partial charge in [0, 0.05) is 29.4 Å². The van der Waals surface area contributed by atoms with Gasteiger partial charge in [0.1, 0.15) is 0 Å². The van der Waals surface area contributed by atoms with Crippen LogP contribution >= 0.6 is 11.6 Å². The molecule has 4 N–H and O–H groups in total. The first-order chi connectivity index (χ1) is 19.3. The Morgan fingerprint density at radius 2 is 1.63 bits per heavy atom. The van der Waals surface area contributed by atoms with Gasteiger partial charge in [-0.05, 0) is 55.2 Å². The number of fused-ring (bicyclic) bond motifs is 2. The van der Waals surface area contributed by atoms with Crippen LogP contribution in [0.3, 0.4) is 0 Å². The molecule has 1 heterocycles. The van der Waals surface area contributed by atoms with Gasteiger partial charge in [0.05, 0.1) is 40.5 Å². The minimum atomic E-state index is -4.04. The van der Waals surface area contributed by atoms with E-state index in [1.54, 1.807) is 0 Å². The molecule has 2 bridgehead atoms. The molecule has 41 heavy (non-hydrogen) atoms. The summed E-state index contributed by atoms with van der Waals surface area (Å²) in [6.07, 6.45) is -0.832. The summed E-state index contributed by atoms with van der Waals surface area (Å²) in [4.78, 5) is 26.7. The summed E-state index contributed by atoms with van der Waals surface area (Å²) in [7, 11) is -4.04. The van der Waals surface area contributed by atoms with Crippen molar-refractivity contribution in [2.45, 2.75) is 54.6 Å². The largest absolute Gasteiger partial charge is 0.388 e. The Morgan fingerprint density at radius 3 is 2.24 bits per heavy atom. The van der Waals surface area contributed by atoms with E-state index in [4.69, 9.17) is 11.6 Å². The van der Waals surface area contributed by atoms with Crippen molar-refractivity contribution >= 4 is 39.1 Å². The minimum absolute atomic E-state index is 0.00900. The Bertz CT molecular complexity index is 1460. The van der Waals surface area contributed by atoms with Gasteiger partial charge in [0.2, 0.25) is 0 Å². The molecule has 0 aromatic heterocycles. The molecule has 1 saturated heterocycles. The van der Waals surface area contributed by atoms with Gasteiger partial charge in [0.15, 0.2) is 27.3 Å². The number of hydrogen-bond donors (Lipinski definition) is 4. The Balaban J connectivity index is 1.32. The van der Waals surface area contributed by atoms with Crippen molar-refractivity contribution in [2.24, 2.45) is 17.8 Å². The number of likely N-dealkylation sites (tertiary alicyclic amines) is 1. The van der Waals surface area contributed by atoms with E-state index < -0.39 is 56.7 Å². The number of amides is 3. The van der Waals surface area contributed by atoms with Crippen molar-refractivity contribution < 1.29 is 41.4 Å². The summed E-state index contributed by atoms with van der Waals surface area (Å²) in [5.74, 6) is -5.71. The molecule has 2 aromatic carbocycles. The second kappa shape index (κ2) is 11.1. The highest BCUT2D eigenvalue weighted by atomic mass is 35.5. The number of benzene rings is 2. The van der Waals surface area contributed by atoms with Crippen molar-refractivity contribution in [3.05, 3.63) is 58.4 Å². The molecule has 6 unspecified atom stereocenters. The summed E-state index contributed by atoms with van der Waals surface area (Å²) < 4.78 is 68.0. The van der Waals surface area contributed by atoms with E-state index in [-0.39, 0.29) is 70.9 Å². The lowest BCUT2D eigenvalue weighted by Gasteiger charge is -2.37. The molecule has 3 amide bonds. The molecular weight excluding hydrogens is 587 g/mol. The average Bonchev–Trinajstić information content (AvgIpc) is 3.32. The van der Waals surface area contributed by atoms with E-state index in [0.717, 1.165) is 6.07 Å². The normalized spacial score (nSPS) is 29.4. The molecule has 222 valence electrons. The number of halogens is 4. The average molecular weight is 616 g/mol. The van der Waals surface area contributed by atoms with Crippen LogP contribution in [0.4, 0.5) is 23.7 Å². The van der Waals surface area contributed by atoms with E-state index in [1.165, 1.54) is 17.0 Å². The number of aliphatic hydroxyl groups is 2. The van der Waals surface area contributed by atoms with Crippen molar-refractivity contribution in [2.75, 3.05) is 18.4 Å². The topological polar surface area (TPSA) is 136 Å². The molecule has 3 aliphatic rings. The number of carbonyl (C=O) groups is 2. The lowest BCUT2D eigenvalue weighted by atomic mass is 9.82. The van der Waals surface area contributed by atoms with E-state index in [2.05, 4.69) is 10.6 Å². The van der Waals surface area contributed by atoms with Crippen molar-refractivity contribution in [3.63, 3.8) is 0 Å². The summed E-state index contributed by atoms with van der Waals surface area (Å²) in [5.41, 5.74) is -0.486. The van der Waals surface area contributed by atoms with E-state index in [9.17, 15) is 41.4 Å². The van der Waals surface area contributed by atoms with Crippen LogP contribution in [0.25, 0.3) is 0 Å². The second-order valence-electron chi connectivity index (χ2n) is 11.1. The fourth-order valence-electron chi connectivity index (χ4n) is 6.38. The summed E-state index contributed by atoms with van der Waals surface area (Å²) in [5, 5.41) is 23.8. The Labute approximate surface area is 239 Å². The Morgan fingerprint density at radius 1 is 1.00 bits per heavy atom. The van der Waals surface area contributed by atoms with Crippen LogP contribution in [0.2, 0.25) is 5.02 Å². The number of carbonyl (C=O) groups excluding carboxylic acids is 2. The number of urea groups is 1. The van der Waals surface area contributed by atoms with Gasteiger partial charge in [-0.1, -0.05) is 18.5 Å². The van der Waals surface area contributed by atoms with Crippen LogP contribution in [-0.2, 0) is 9.84 Å². The summed E-state index contributed by atoms with van der Waals surface area (Å²) >= 11 is 6.28. The molecule has 0 radical (unpaired) electrons. The molecule has 0 spiro atoms. The molecule has 9 nitrogen and oxygen atoms in total. The van der Waals surface area contributed by atoms with Gasteiger partial charge in [0.25, 0.3) is 5.91 Å². The van der Waals surface area contributed by atoms with Gasteiger partial charge in [-0.25, -0.2) is 26.4 Å². The van der Waals surface area contributed by atoms with Crippen LogP contribution in [0.1, 0.15) is 36.5 Å². The zero-order chi connectivity index (χ0) is 29.8. The number of nitrogens with zero attached hydrogens (tertiary/aromatic N) is 1. The van der Waals surface area contributed by atoms with Crippen molar-refractivity contribution in [3.8, 4) is 0 Å². The minimum Gasteiger partial charge on any atom is -0.388 e. The highest BCUT2D eigenvalue weighted by Crippen LogP contribution is 2.49. The predicted octanol–water partition coefficient (Wildman–Crippen LogP) is 3.33. The number of β-amino-alcohol motifs (C(OH)–C–C–N with tert-alkyl or cyclic N) is 2. The maximum absolute atomic E-state index is 13.8. The lowest BCUT2D eigenvalue weighted by molar-refractivity contribution is 0.0572.